The van der Waals surface area contributed by atoms with Crippen LogP contribution in [0.1, 0.15) is 6.92 Å². The summed E-state index contributed by atoms with van der Waals surface area (Å²) in [5.74, 6) is -1.74. The molecule has 4 heteroatoms. The van der Waals surface area contributed by atoms with Crippen molar-refractivity contribution >= 4 is 11.7 Å². The number of nitrogens with one attached hydrogen (secondary N) is 1. The number of carboxylic acids is 1. The summed E-state index contributed by atoms with van der Waals surface area (Å²) >= 11 is 0. The van der Waals surface area contributed by atoms with Crippen molar-refractivity contribution in [2.45, 2.75) is 13.0 Å². The third kappa shape index (κ3) is 2.43. The quantitative estimate of drug-likeness (QED) is 0.735. The summed E-state index contributed by atoms with van der Waals surface area (Å²) < 4.78 is 12.9. The van der Waals surface area contributed by atoms with E-state index < -0.39 is 17.8 Å². The van der Waals surface area contributed by atoms with Crippen molar-refractivity contribution in [1.82, 2.24) is 0 Å². The first-order valence-corrected chi connectivity index (χ1v) is 3.83. The number of carbonyl (C=O) groups is 1. The van der Waals surface area contributed by atoms with Gasteiger partial charge in [-0.3, -0.25) is 0 Å². The molecule has 0 saturated carbocycles. The first kappa shape index (κ1) is 9.51. The lowest BCUT2D eigenvalue weighted by molar-refractivity contribution is -0.306. The molecule has 70 valence electrons. The van der Waals surface area contributed by atoms with Crippen LogP contribution in [0.5, 0.6) is 0 Å². The molecule has 13 heavy (non-hydrogen) atoms. The first-order valence-electron chi connectivity index (χ1n) is 3.83. The van der Waals surface area contributed by atoms with Crippen molar-refractivity contribution in [2.75, 3.05) is 5.32 Å². The molecule has 0 unspecified atom stereocenters. The van der Waals surface area contributed by atoms with Crippen LogP contribution >= 0.6 is 0 Å². The lowest BCUT2D eigenvalue weighted by Crippen LogP contribution is -2.38. The summed E-state index contributed by atoms with van der Waals surface area (Å²) in [6.07, 6.45) is 0. The summed E-state index contributed by atoms with van der Waals surface area (Å²) in [7, 11) is 0. The number of carboxylic acid groups (broad SMARTS) is 1. The molecule has 0 aliphatic heterocycles. The fourth-order valence-electron chi connectivity index (χ4n) is 0.870. The van der Waals surface area contributed by atoms with E-state index in [2.05, 4.69) is 5.32 Å². The van der Waals surface area contributed by atoms with Gasteiger partial charge in [-0.15, -0.1) is 0 Å². The number of hydrogen-bond donors (Lipinski definition) is 1. The highest BCUT2D eigenvalue weighted by atomic mass is 19.1. The maximum atomic E-state index is 12.9. The molecule has 0 saturated heterocycles. The molecule has 0 aliphatic carbocycles. The van der Waals surface area contributed by atoms with Gasteiger partial charge >= 0.3 is 0 Å². The van der Waals surface area contributed by atoms with E-state index in [-0.39, 0.29) is 5.69 Å². The Hall–Kier alpha value is -1.58. The topological polar surface area (TPSA) is 52.2 Å². The summed E-state index contributed by atoms with van der Waals surface area (Å²) in [5, 5.41) is 12.8. The molecule has 3 nitrogen and oxygen atoms in total. The third-order valence-electron chi connectivity index (χ3n) is 1.60. The smallest absolute Gasteiger partial charge is 0.146 e. The molecule has 0 aromatic heterocycles. The van der Waals surface area contributed by atoms with Crippen molar-refractivity contribution in [3.8, 4) is 0 Å². The zero-order valence-electron chi connectivity index (χ0n) is 7.08. The van der Waals surface area contributed by atoms with E-state index in [0.717, 1.165) is 0 Å². The molecule has 1 aromatic carbocycles. The van der Waals surface area contributed by atoms with Crippen LogP contribution in [0.4, 0.5) is 10.1 Å². The number of halogens is 1. The Bertz CT molecular complexity index is 314. The highest BCUT2D eigenvalue weighted by Gasteiger charge is 2.05. The monoisotopic (exact) mass is 182 g/mol. The van der Waals surface area contributed by atoms with Crippen LogP contribution in [0.15, 0.2) is 24.3 Å². The predicted molar refractivity (Wildman–Crippen MR) is 44.5 cm³/mol. The van der Waals surface area contributed by atoms with Crippen molar-refractivity contribution in [2.24, 2.45) is 0 Å². The highest BCUT2D eigenvalue weighted by Crippen LogP contribution is 2.12. The second-order valence-electron chi connectivity index (χ2n) is 2.66. The van der Waals surface area contributed by atoms with Crippen molar-refractivity contribution in [3.63, 3.8) is 0 Å². The average Bonchev–Trinajstić information content (AvgIpc) is 2.08. The number of para-hydroxylation sites is 1. The summed E-state index contributed by atoms with van der Waals surface area (Å²) in [6, 6.07) is 4.97. The number of rotatable bonds is 3. The molecule has 0 aliphatic rings. The van der Waals surface area contributed by atoms with Gasteiger partial charge in [-0.1, -0.05) is 12.1 Å². The summed E-state index contributed by atoms with van der Waals surface area (Å²) in [4.78, 5) is 10.3. The van der Waals surface area contributed by atoms with Gasteiger partial charge in [0.15, 0.2) is 0 Å². The SMILES string of the molecule is C[C@@H](Nc1ccccc1F)C(=O)[O-]. The number of anilines is 1. The molecule has 0 radical (unpaired) electrons. The van der Waals surface area contributed by atoms with Gasteiger partial charge in [-0.2, -0.15) is 0 Å². The maximum Gasteiger partial charge on any atom is 0.146 e. The Kier molecular flexibility index (Phi) is 2.84. The molecule has 1 atom stereocenters. The average molecular weight is 182 g/mol. The number of aliphatic carboxylic acids is 1. The Labute approximate surface area is 75.2 Å². The fourth-order valence-corrected chi connectivity index (χ4v) is 0.870. The molecule has 0 heterocycles. The van der Waals surface area contributed by atoms with Gasteiger partial charge in [-0.25, -0.2) is 4.39 Å². The molecule has 0 spiro atoms. The Balaban J connectivity index is 2.74. The van der Waals surface area contributed by atoms with Crippen LogP contribution < -0.4 is 10.4 Å². The van der Waals surface area contributed by atoms with Gasteiger partial charge < -0.3 is 15.2 Å². The van der Waals surface area contributed by atoms with Crippen LogP contribution in [0, 0.1) is 5.82 Å². The molecule has 1 rings (SSSR count). The van der Waals surface area contributed by atoms with E-state index in [1.807, 2.05) is 0 Å². The van der Waals surface area contributed by atoms with E-state index in [1.54, 1.807) is 6.07 Å². The lowest BCUT2D eigenvalue weighted by Gasteiger charge is -2.16. The van der Waals surface area contributed by atoms with Gasteiger partial charge in [0.25, 0.3) is 0 Å². The van der Waals surface area contributed by atoms with Crippen LogP contribution in [0.25, 0.3) is 0 Å². The largest absolute Gasteiger partial charge is 0.548 e. The predicted octanol–water partition coefficient (Wildman–Crippen LogP) is 0.376. The second-order valence-corrected chi connectivity index (χ2v) is 2.66. The molecule has 0 fully saturated rings. The number of carbonyl (C=O) groups excluding carboxylic acids is 1. The zero-order chi connectivity index (χ0) is 9.84. The van der Waals surface area contributed by atoms with Gasteiger partial charge in [-0.05, 0) is 19.1 Å². The number of hydrogen-bond acceptors (Lipinski definition) is 3. The minimum atomic E-state index is -1.26. The normalized spacial score (nSPS) is 12.2. The molecule has 0 bridgehead atoms. The maximum absolute atomic E-state index is 12.9. The van der Waals surface area contributed by atoms with E-state index in [9.17, 15) is 14.3 Å². The molecular formula is C9H9FNO2-. The van der Waals surface area contributed by atoms with Crippen molar-refractivity contribution in [3.05, 3.63) is 30.1 Å². The summed E-state index contributed by atoms with van der Waals surface area (Å²) in [6.45, 7) is 1.39. The first-order chi connectivity index (χ1) is 6.11. The lowest BCUT2D eigenvalue weighted by atomic mass is 10.2. The van der Waals surface area contributed by atoms with E-state index >= 15 is 0 Å². The van der Waals surface area contributed by atoms with E-state index in [4.69, 9.17) is 0 Å². The molecular weight excluding hydrogens is 173 g/mol. The van der Waals surface area contributed by atoms with Crippen LogP contribution in [-0.2, 0) is 4.79 Å². The van der Waals surface area contributed by atoms with Crippen LogP contribution in [0.2, 0.25) is 0 Å². The number of benzene rings is 1. The fraction of sp³-hybridized carbons (Fsp3) is 0.222. The van der Waals surface area contributed by atoms with Gasteiger partial charge in [0.05, 0.1) is 17.7 Å². The van der Waals surface area contributed by atoms with Gasteiger partial charge in [0.2, 0.25) is 0 Å². The molecule has 0 amide bonds. The van der Waals surface area contributed by atoms with Crippen molar-refractivity contribution < 1.29 is 14.3 Å². The van der Waals surface area contributed by atoms with E-state index in [0.29, 0.717) is 0 Å². The molecule has 1 N–H and O–H groups in total. The van der Waals surface area contributed by atoms with Crippen LogP contribution in [0.3, 0.4) is 0 Å². The Morgan fingerprint density at radius 3 is 2.69 bits per heavy atom. The van der Waals surface area contributed by atoms with Crippen molar-refractivity contribution in [1.29, 1.82) is 0 Å². The van der Waals surface area contributed by atoms with Crippen LogP contribution in [-0.4, -0.2) is 12.0 Å². The van der Waals surface area contributed by atoms with Gasteiger partial charge in [0.1, 0.15) is 5.82 Å². The van der Waals surface area contributed by atoms with E-state index in [1.165, 1.54) is 25.1 Å². The van der Waals surface area contributed by atoms with Gasteiger partial charge in [0, 0.05) is 0 Å². The molecule has 1 aromatic rings. The minimum absolute atomic E-state index is 0.166. The Morgan fingerprint density at radius 2 is 2.15 bits per heavy atom. The Morgan fingerprint density at radius 1 is 1.54 bits per heavy atom. The standard InChI is InChI=1S/C9H10FNO2/c1-6(9(12)13)11-8-5-3-2-4-7(8)10/h2-6,11H,1H3,(H,12,13)/p-1/t6-/m1/s1. The minimum Gasteiger partial charge on any atom is -0.548 e. The summed E-state index contributed by atoms with van der Waals surface area (Å²) in [5.41, 5.74) is 0.166. The second kappa shape index (κ2) is 3.89. The highest BCUT2D eigenvalue weighted by molar-refractivity contribution is 5.74. The zero-order valence-corrected chi connectivity index (χ0v) is 7.08. The third-order valence-corrected chi connectivity index (χ3v) is 1.60.